The Morgan fingerprint density at radius 1 is 1.21 bits per heavy atom. The van der Waals surface area contributed by atoms with E-state index in [1.807, 2.05) is 0 Å². The number of rotatable bonds is 4. The third kappa shape index (κ3) is 2.62. The summed E-state index contributed by atoms with van der Waals surface area (Å²) in [5.41, 5.74) is 0.106. The molecular formula is C12H11F2NO2S2. The Balaban J connectivity index is 2.48. The van der Waals surface area contributed by atoms with Gasteiger partial charge in [-0.2, -0.15) is 0 Å². The van der Waals surface area contributed by atoms with Crippen LogP contribution in [-0.4, -0.2) is 15.0 Å². The molecule has 102 valence electrons. The van der Waals surface area contributed by atoms with E-state index in [2.05, 4.69) is 0 Å². The SMILES string of the molecule is CCN(c1ccc(F)c(F)c1)S(=O)(=O)c1cccs1. The molecule has 0 unspecified atom stereocenters. The highest BCUT2D eigenvalue weighted by Gasteiger charge is 2.25. The van der Waals surface area contributed by atoms with Crippen molar-refractivity contribution in [1.29, 1.82) is 0 Å². The van der Waals surface area contributed by atoms with E-state index < -0.39 is 21.7 Å². The fourth-order valence-corrected chi connectivity index (χ4v) is 4.22. The molecule has 0 fully saturated rings. The molecule has 2 rings (SSSR count). The van der Waals surface area contributed by atoms with Gasteiger partial charge in [0.05, 0.1) is 5.69 Å². The van der Waals surface area contributed by atoms with Gasteiger partial charge in [0.2, 0.25) is 0 Å². The number of anilines is 1. The molecule has 0 radical (unpaired) electrons. The lowest BCUT2D eigenvalue weighted by Crippen LogP contribution is -2.30. The molecule has 0 aliphatic heterocycles. The van der Waals surface area contributed by atoms with Gasteiger partial charge in [-0.05, 0) is 30.5 Å². The molecule has 0 N–H and O–H groups in total. The Bertz CT molecular complexity index is 669. The summed E-state index contributed by atoms with van der Waals surface area (Å²) >= 11 is 1.08. The molecule has 1 heterocycles. The molecule has 0 spiro atoms. The van der Waals surface area contributed by atoms with Crippen molar-refractivity contribution >= 4 is 27.0 Å². The smallest absolute Gasteiger partial charge is 0.266 e. The summed E-state index contributed by atoms with van der Waals surface area (Å²) in [6.45, 7) is 1.76. The van der Waals surface area contributed by atoms with Crippen molar-refractivity contribution in [3.63, 3.8) is 0 Å². The van der Waals surface area contributed by atoms with E-state index in [9.17, 15) is 17.2 Å². The van der Waals surface area contributed by atoms with E-state index in [1.54, 1.807) is 18.4 Å². The number of nitrogens with zero attached hydrogens (tertiary/aromatic N) is 1. The first-order valence-corrected chi connectivity index (χ1v) is 7.80. The monoisotopic (exact) mass is 303 g/mol. The van der Waals surface area contributed by atoms with Gasteiger partial charge in [-0.1, -0.05) is 6.07 Å². The number of halogens is 2. The van der Waals surface area contributed by atoms with Crippen LogP contribution < -0.4 is 4.31 Å². The molecule has 3 nitrogen and oxygen atoms in total. The molecule has 0 saturated carbocycles. The largest absolute Gasteiger partial charge is 0.273 e. The van der Waals surface area contributed by atoms with Gasteiger partial charge in [-0.15, -0.1) is 11.3 Å². The number of hydrogen-bond acceptors (Lipinski definition) is 3. The maximum Gasteiger partial charge on any atom is 0.273 e. The quantitative estimate of drug-likeness (QED) is 0.869. The highest BCUT2D eigenvalue weighted by atomic mass is 32.2. The normalized spacial score (nSPS) is 11.5. The molecular weight excluding hydrogens is 292 g/mol. The van der Waals surface area contributed by atoms with Crippen LogP contribution in [0.25, 0.3) is 0 Å². The van der Waals surface area contributed by atoms with Gasteiger partial charge in [-0.25, -0.2) is 17.2 Å². The second-order valence-corrected chi connectivity index (χ2v) is 6.74. The molecule has 0 amide bonds. The Labute approximate surface area is 114 Å². The second kappa shape index (κ2) is 5.26. The van der Waals surface area contributed by atoms with Gasteiger partial charge in [0, 0.05) is 12.6 Å². The first-order chi connectivity index (χ1) is 8.96. The van der Waals surface area contributed by atoms with Gasteiger partial charge in [-0.3, -0.25) is 4.31 Å². The number of sulfonamides is 1. The molecule has 2 aromatic rings. The Kier molecular flexibility index (Phi) is 3.86. The van der Waals surface area contributed by atoms with E-state index in [0.29, 0.717) is 0 Å². The molecule has 1 aromatic carbocycles. The van der Waals surface area contributed by atoms with Crippen LogP contribution >= 0.6 is 11.3 Å². The topological polar surface area (TPSA) is 37.4 Å². The van der Waals surface area contributed by atoms with Gasteiger partial charge in [0.15, 0.2) is 11.6 Å². The van der Waals surface area contributed by atoms with Crippen LogP contribution in [0.1, 0.15) is 6.92 Å². The fourth-order valence-electron chi connectivity index (χ4n) is 1.65. The van der Waals surface area contributed by atoms with Crippen molar-refractivity contribution in [1.82, 2.24) is 0 Å². The Morgan fingerprint density at radius 3 is 2.47 bits per heavy atom. The molecule has 0 bridgehead atoms. The van der Waals surface area contributed by atoms with E-state index >= 15 is 0 Å². The van der Waals surface area contributed by atoms with Crippen LogP contribution in [0.2, 0.25) is 0 Å². The van der Waals surface area contributed by atoms with Crippen molar-refractivity contribution in [3.8, 4) is 0 Å². The summed E-state index contributed by atoms with van der Waals surface area (Å²) in [5.74, 6) is -2.08. The summed E-state index contributed by atoms with van der Waals surface area (Å²) in [4.78, 5) is 0. The van der Waals surface area contributed by atoms with Crippen LogP contribution in [-0.2, 0) is 10.0 Å². The average Bonchev–Trinajstić information content (AvgIpc) is 2.88. The third-order valence-corrected chi connectivity index (χ3v) is 5.79. The minimum Gasteiger partial charge on any atom is -0.266 e. The standard InChI is InChI=1S/C12H11F2NO2S2/c1-2-15(9-5-6-10(13)11(14)8-9)19(16,17)12-4-3-7-18-12/h3-8H,2H2,1H3. The summed E-state index contributed by atoms with van der Waals surface area (Å²) in [6.07, 6.45) is 0. The van der Waals surface area contributed by atoms with Crippen LogP contribution in [0, 0.1) is 11.6 Å². The maximum atomic E-state index is 13.2. The minimum atomic E-state index is -3.73. The molecule has 0 atom stereocenters. The zero-order chi connectivity index (χ0) is 14.0. The number of benzene rings is 1. The van der Waals surface area contributed by atoms with Crippen LogP contribution in [0.3, 0.4) is 0 Å². The van der Waals surface area contributed by atoms with E-state index in [4.69, 9.17) is 0 Å². The number of thiophene rings is 1. The molecule has 0 aliphatic carbocycles. The maximum absolute atomic E-state index is 13.2. The summed E-state index contributed by atoms with van der Waals surface area (Å²) in [5, 5.41) is 1.64. The Morgan fingerprint density at radius 2 is 1.95 bits per heavy atom. The molecule has 1 aromatic heterocycles. The summed E-state index contributed by atoms with van der Waals surface area (Å²) in [6, 6.07) is 6.13. The van der Waals surface area contributed by atoms with Gasteiger partial charge in [0.1, 0.15) is 4.21 Å². The zero-order valence-electron chi connectivity index (χ0n) is 10.0. The van der Waals surface area contributed by atoms with Crippen molar-refractivity contribution in [2.75, 3.05) is 10.8 Å². The zero-order valence-corrected chi connectivity index (χ0v) is 11.6. The first-order valence-electron chi connectivity index (χ1n) is 5.48. The van der Waals surface area contributed by atoms with Gasteiger partial charge in [0.25, 0.3) is 10.0 Å². The highest BCUT2D eigenvalue weighted by Crippen LogP contribution is 2.27. The predicted octanol–water partition coefficient (Wildman–Crippen LogP) is 3.24. The fraction of sp³-hybridized carbons (Fsp3) is 0.167. The van der Waals surface area contributed by atoms with Crippen molar-refractivity contribution in [2.24, 2.45) is 0 Å². The lowest BCUT2D eigenvalue weighted by Gasteiger charge is -2.22. The Hall–Kier alpha value is -1.47. The molecule has 0 aliphatic rings. The van der Waals surface area contributed by atoms with Crippen molar-refractivity contribution in [3.05, 3.63) is 47.3 Å². The van der Waals surface area contributed by atoms with Crippen LogP contribution in [0.5, 0.6) is 0 Å². The third-order valence-electron chi connectivity index (χ3n) is 2.52. The van der Waals surface area contributed by atoms with E-state index in [0.717, 1.165) is 27.8 Å². The average molecular weight is 303 g/mol. The lowest BCUT2D eigenvalue weighted by molar-refractivity contribution is 0.508. The van der Waals surface area contributed by atoms with E-state index in [1.165, 1.54) is 12.1 Å². The summed E-state index contributed by atoms with van der Waals surface area (Å²) in [7, 11) is -3.73. The second-order valence-electron chi connectivity index (χ2n) is 3.70. The van der Waals surface area contributed by atoms with E-state index in [-0.39, 0.29) is 16.4 Å². The summed E-state index contributed by atoms with van der Waals surface area (Å²) < 4.78 is 52.0. The van der Waals surface area contributed by atoms with Gasteiger partial charge >= 0.3 is 0 Å². The molecule has 0 saturated heterocycles. The highest BCUT2D eigenvalue weighted by molar-refractivity contribution is 7.94. The lowest BCUT2D eigenvalue weighted by atomic mass is 10.3. The van der Waals surface area contributed by atoms with Crippen LogP contribution in [0.15, 0.2) is 39.9 Å². The first kappa shape index (κ1) is 14.0. The predicted molar refractivity (Wildman–Crippen MR) is 70.9 cm³/mol. The van der Waals surface area contributed by atoms with Gasteiger partial charge < -0.3 is 0 Å². The molecule has 19 heavy (non-hydrogen) atoms. The minimum absolute atomic E-state index is 0.106. The van der Waals surface area contributed by atoms with Crippen LogP contribution in [0.4, 0.5) is 14.5 Å². The molecule has 7 heteroatoms. The number of hydrogen-bond donors (Lipinski definition) is 0. The van der Waals surface area contributed by atoms with Crippen molar-refractivity contribution in [2.45, 2.75) is 11.1 Å². The van der Waals surface area contributed by atoms with Crippen molar-refractivity contribution < 1.29 is 17.2 Å².